The first-order valence-electron chi connectivity index (χ1n) is 5.89. The third-order valence-corrected chi connectivity index (χ3v) is 2.94. The van der Waals surface area contributed by atoms with Gasteiger partial charge < -0.3 is 19.6 Å². The van der Waals surface area contributed by atoms with Crippen molar-refractivity contribution < 1.29 is 14.6 Å². The molecule has 0 saturated heterocycles. The van der Waals surface area contributed by atoms with Crippen LogP contribution in [0.3, 0.4) is 0 Å². The minimum atomic E-state index is 0.111. The number of rotatable bonds is 3. The van der Waals surface area contributed by atoms with Crippen LogP contribution in [0.25, 0.3) is 10.9 Å². The molecule has 0 aliphatic rings. The Balaban J connectivity index is 2.03. The van der Waals surface area contributed by atoms with Crippen LogP contribution in [0.1, 0.15) is 0 Å². The smallest absolute Gasteiger partial charge is 0.169 e. The second kappa shape index (κ2) is 4.57. The molecule has 2 N–H and O–H groups in total. The first kappa shape index (κ1) is 11.5. The van der Waals surface area contributed by atoms with Crippen molar-refractivity contribution in [3.63, 3.8) is 0 Å². The normalized spacial score (nSPS) is 10.6. The van der Waals surface area contributed by atoms with Gasteiger partial charge in [-0.25, -0.2) is 0 Å². The summed E-state index contributed by atoms with van der Waals surface area (Å²) >= 11 is 0. The van der Waals surface area contributed by atoms with Crippen LogP contribution < -0.4 is 9.47 Å². The van der Waals surface area contributed by atoms with Crippen molar-refractivity contribution in [1.82, 2.24) is 4.98 Å². The van der Waals surface area contributed by atoms with E-state index in [2.05, 4.69) is 4.98 Å². The fraction of sp³-hybridized carbons (Fsp3) is 0.0667. The zero-order valence-corrected chi connectivity index (χ0v) is 10.4. The Hall–Kier alpha value is -2.62. The molecule has 0 aliphatic heterocycles. The summed E-state index contributed by atoms with van der Waals surface area (Å²) < 4.78 is 10.9. The lowest BCUT2D eigenvalue weighted by Gasteiger charge is -2.06. The van der Waals surface area contributed by atoms with Crippen LogP contribution in [-0.2, 0) is 0 Å². The highest BCUT2D eigenvalue weighted by atomic mass is 16.5. The summed E-state index contributed by atoms with van der Waals surface area (Å²) in [5.41, 5.74) is 0.950. The van der Waals surface area contributed by atoms with E-state index in [1.165, 1.54) is 0 Å². The molecule has 0 atom stereocenters. The van der Waals surface area contributed by atoms with Gasteiger partial charge in [0, 0.05) is 17.1 Å². The largest absolute Gasteiger partial charge is 0.504 e. The molecule has 0 radical (unpaired) electrons. The van der Waals surface area contributed by atoms with E-state index in [1.807, 2.05) is 24.3 Å². The van der Waals surface area contributed by atoms with Gasteiger partial charge in [-0.15, -0.1) is 0 Å². The van der Waals surface area contributed by atoms with Crippen molar-refractivity contribution >= 4 is 10.9 Å². The molecular weight excluding hydrogens is 242 g/mol. The van der Waals surface area contributed by atoms with Crippen molar-refractivity contribution in [3.05, 3.63) is 48.7 Å². The topological polar surface area (TPSA) is 54.5 Å². The zero-order valence-electron chi connectivity index (χ0n) is 10.4. The van der Waals surface area contributed by atoms with Crippen molar-refractivity contribution in [1.29, 1.82) is 0 Å². The summed E-state index contributed by atoms with van der Waals surface area (Å²) in [6.45, 7) is 0. The van der Waals surface area contributed by atoms with Gasteiger partial charge in [0.05, 0.1) is 7.11 Å². The van der Waals surface area contributed by atoms with E-state index in [0.29, 0.717) is 11.5 Å². The number of ether oxygens (including phenoxy) is 2. The van der Waals surface area contributed by atoms with Gasteiger partial charge in [0.1, 0.15) is 5.75 Å². The van der Waals surface area contributed by atoms with Crippen LogP contribution in [-0.4, -0.2) is 17.2 Å². The highest BCUT2D eigenvalue weighted by Crippen LogP contribution is 2.35. The molecule has 0 amide bonds. The van der Waals surface area contributed by atoms with Gasteiger partial charge in [0.2, 0.25) is 0 Å². The van der Waals surface area contributed by atoms with Crippen LogP contribution in [0.5, 0.6) is 23.0 Å². The first-order chi connectivity index (χ1) is 9.28. The van der Waals surface area contributed by atoms with E-state index in [4.69, 9.17) is 9.47 Å². The Kier molecular flexibility index (Phi) is 2.76. The molecule has 0 bridgehead atoms. The van der Waals surface area contributed by atoms with Crippen molar-refractivity contribution in [2.45, 2.75) is 0 Å². The maximum absolute atomic E-state index is 9.72. The Bertz CT molecular complexity index is 718. The number of aromatic nitrogens is 1. The van der Waals surface area contributed by atoms with Crippen LogP contribution in [0.4, 0.5) is 0 Å². The molecule has 1 aromatic heterocycles. The van der Waals surface area contributed by atoms with Crippen LogP contribution in [0.2, 0.25) is 0 Å². The molecule has 4 heteroatoms. The van der Waals surface area contributed by atoms with Gasteiger partial charge >= 0.3 is 0 Å². The van der Waals surface area contributed by atoms with Crippen molar-refractivity contribution in [2.75, 3.05) is 7.11 Å². The SMILES string of the molecule is COc1ccc2[nH]cc(Oc3ccccc3O)c2c1. The Morgan fingerprint density at radius 3 is 2.68 bits per heavy atom. The molecule has 0 saturated carbocycles. The number of aromatic hydroxyl groups is 1. The highest BCUT2D eigenvalue weighted by molar-refractivity contribution is 5.87. The lowest BCUT2D eigenvalue weighted by atomic mass is 10.2. The van der Waals surface area contributed by atoms with E-state index >= 15 is 0 Å². The number of para-hydroxylation sites is 2. The minimum absolute atomic E-state index is 0.111. The van der Waals surface area contributed by atoms with Gasteiger partial charge in [-0.2, -0.15) is 0 Å². The molecule has 96 valence electrons. The lowest BCUT2D eigenvalue weighted by Crippen LogP contribution is -1.84. The fourth-order valence-corrected chi connectivity index (χ4v) is 1.95. The number of phenolic OH excluding ortho intramolecular Hbond substituents is 1. The van der Waals surface area contributed by atoms with Gasteiger partial charge in [-0.05, 0) is 30.3 Å². The predicted molar refractivity (Wildman–Crippen MR) is 73.0 cm³/mol. The van der Waals surface area contributed by atoms with Crippen molar-refractivity contribution in [3.8, 4) is 23.0 Å². The van der Waals surface area contributed by atoms with E-state index in [0.717, 1.165) is 16.7 Å². The second-order valence-electron chi connectivity index (χ2n) is 4.13. The number of methoxy groups -OCH3 is 1. The maximum Gasteiger partial charge on any atom is 0.169 e. The Labute approximate surface area is 110 Å². The summed E-state index contributed by atoms with van der Waals surface area (Å²) in [4.78, 5) is 3.12. The predicted octanol–water partition coefficient (Wildman–Crippen LogP) is 3.67. The molecule has 3 aromatic rings. The van der Waals surface area contributed by atoms with Crippen LogP contribution in [0, 0.1) is 0 Å². The van der Waals surface area contributed by atoms with Gasteiger partial charge in [-0.1, -0.05) is 12.1 Å². The number of benzene rings is 2. The fourth-order valence-electron chi connectivity index (χ4n) is 1.95. The third kappa shape index (κ3) is 2.08. The maximum atomic E-state index is 9.72. The summed E-state index contributed by atoms with van der Waals surface area (Å²) in [5.74, 6) is 1.94. The molecular formula is C15H13NO3. The summed E-state index contributed by atoms with van der Waals surface area (Å²) in [6, 6.07) is 12.6. The average Bonchev–Trinajstić information content (AvgIpc) is 2.84. The number of hydrogen-bond donors (Lipinski definition) is 2. The van der Waals surface area contributed by atoms with Crippen molar-refractivity contribution in [2.24, 2.45) is 0 Å². The van der Waals surface area contributed by atoms with E-state index in [1.54, 1.807) is 31.5 Å². The highest BCUT2D eigenvalue weighted by Gasteiger charge is 2.09. The van der Waals surface area contributed by atoms with Crippen LogP contribution >= 0.6 is 0 Å². The molecule has 0 unspecified atom stereocenters. The molecule has 0 spiro atoms. The molecule has 19 heavy (non-hydrogen) atoms. The van der Waals surface area contributed by atoms with Crippen LogP contribution in [0.15, 0.2) is 48.7 Å². The lowest BCUT2D eigenvalue weighted by molar-refractivity contribution is 0.411. The quantitative estimate of drug-likeness (QED) is 0.750. The average molecular weight is 255 g/mol. The number of fused-ring (bicyclic) bond motifs is 1. The van der Waals surface area contributed by atoms with E-state index in [9.17, 15) is 5.11 Å². The Morgan fingerprint density at radius 2 is 1.89 bits per heavy atom. The van der Waals surface area contributed by atoms with Gasteiger partial charge in [0.15, 0.2) is 17.2 Å². The third-order valence-electron chi connectivity index (χ3n) is 2.94. The Morgan fingerprint density at radius 1 is 1.05 bits per heavy atom. The number of hydrogen-bond acceptors (Lipinski definition) is 3. The molecule has 2 aromatic carbocycles. The summed E-state index contributed by atoms with van der Waals surface area (Å²) in [7, 11) is 1.62. The molecule has 3 rings (SSSR count). The van der Waals surface area contributed by atoms with E-state index < -0.39 is 0 Å². The molecule has 0 fully saturated rings. The number of aromatic amines is 1. The second-order valence-corrected chi connectivity index (χ2v) is 4.13. The van der Waals surface area contributed by atoms with Gasteiger partial charge in [0.25, 0.3) is 0 Å². The number of phenols is 1. The zero-order chi connectivity index (χ0) is 13.2. The first-order valence-corrected chi connectivity index (χ1v) is 5.89. The summed E-state index contributed by atoms with van der Waals surface area (Å²) in [6.07, 6.45) is 1.76. The minimum Gasteiger partial charge on any atom is -0.504 e. The number of nitrogens with one attached hydrogen (secondary N) is 1. The number of H-pyrrole nitrogens is 1. The molecule has 1 heterocycles. The van der Waals surface area contributed by atoms with Gasteiger partial charge in [-0.3, -0.25) is 0 Å². The standard InChI is InChI=1S/C15H13NO3/c1-18-10-6-7-12-11(8-10)15(9-16-12)19-14-5-3-2-4-13(14)17/h2-9,16-17H,1H3. The van der Waals surface area contributed by atoms with E-state index in [-0.39, 0.29) is 5.75 Å². The monoisotopic (exact) mass is 255 g/mol. The molecule has 4 nitrogen and oxygen atoms in total. The molecule has 0 aliphatic carbocycles. The summed E-state index contributed by atoms with van der Waals surface area (Å²) in [5, 5.41) is 10.6.